The number of aliphatic hydroxyl groups is 1. The van der Waals surface area contributed by atoms with E-state index < -0.39 is 0 Å². The van der Waals surface area contributed by atoms with Gasteiger partial charge in [0.15, 0.2) is 0 Å². The summed E-state index contributed by atoms with van der Waals surface area (Å²) in [6.07, 6.45) is 0. The first-order valence-corrected chi connectivity index (χ1v) is 4.78. The summed E-state index contributed by atoms with van der Waals surface area (Å²) in [6, 6.07) is 0. The number of ether oxygens (including phenoxy) is 2. The zero-order chi connectivity index (χ0) is 9.66. The van der Waals surface area contributed by atoms with Crippen molar-refractivity contribution >= 4 is 23.2 Å². The van der Waals surface area contributed by atoms with Gasteiger partial charge in [-0.2, -0.15) is 0 Å². The van der Waals surface area contributed by atoms with Crippen molar-refractivity contribution in [2.45, 2.75) is 6.92 Å². The highest BCUT2D eigenvalue weighted by molar-refractivity contribution is 6.40. The molecule has 0 aromatic rings. The molecule has 0 saturated carbocycles. The first-order valence-electron chi connectivity index (χ1n) is 3.71. The molecule has 0 amide bonds. The number of alkyl halides is 2. The van der Waals surface area contributed by atoms with Crippen LogP contribution in [0.1, 0.15) is 6.92 Å². The smallest absolute Gasteiger partial charge is 0.0967 e. The first-order chi connectivity index (χ1) is 5.83. The van der Waals surface area contributed by atoms with Gasteiger partial charge in [-0.05, 0) is 6.92 Å². The zero-order valence-electron chi connectivity index (χ0n) is 7.26. The van der Waals surface area contributed by atoms with E-state index in [0.29, 0.717) is 0 Å². The molecule has 1 aliphatic heterocycles. The highest BCUT2D eigenvalue weighted by Crippen LogP contribution is 1.85. The van der Waals surface area contributed by atoms with Crippen molar-refractivity contribution in [1.82, 2.24) is 0 Å². The van der Waals surface area contributed by atoms with Gasteiger partial charge >= 0.3 is 0 Å². The quantitative estimate of drug-likeness (QED) is 0.626. The fourth-order valence-electron chi connectivity index (χ4n) is 0.440. The molecule has 1 rings (SSSR count). The summed E-state index contributed by atoms with van der Waals surface area (Å²) < 4.78 is 9.89. The van der Waals surface area contributed by atoms with Crippen LogP contribution in [0.15, 0.2) is 0 Å². The Morgan fingerprint density at radius 1 is 1.08 bits per heavy atom. The normalized spacial score (nSPS) is 15.0. The summed E-state index contributed by atoms with van der Waals surface area (Å²) >= 11 is 9.53. The molecule has 0 atom stereocenters. The Bertz CT molecular complexity index is 47.1. The molecular weight excluding hydrogens is 203 g/mol. The third kappa shape index (κ3) is 22.4. The third-order valence-electron chi connectivity index (χ3n) is 0.744. The molecule has 0 aromatic heterocycles. The molecule has 1 aliphatic rings. The van der Waals surface area contributed by atoms with E-state index in [1.54, 1.807) is 6.92 Å². The third-order valence-corrected chi connectivity index (χ3v) is 0.744. The van der Waals surface area contributed by atoms with Crippen molar-refractivity contribution in [1.29, 1.82) is 0 Å². The lowest BCUT2D eigenvalue weighted by molar-refractivity contribution is -0.0334. The summed E-state index contributed by atoms with van der Waals surface area (Å²) in [5.74, 6) is 0. The topological polar surface area (TPSA) is 38.7 Å². The molecule has 76 valence electrons. The van der Waals surface area contributed by atoms with E-state index in [-0.39, 0.29) is 11.9 Å². The first kappa shape index (κ1) is 15.0. The van der Waals surface area contributed by atoms with Crippen molar-refractivity contribution < 1.29 is 14.6 Å². The van der Waals surface area contributed by atoms with Crippen molar-refractivity contribution in [2.75, 3.05) is 38.4 Å². The molecule has 3 nitrogen and oxygen atoms in total. The Labute approximate surface area is 83.6 Å². The van der Waals surface area contributed by atoms with Crippen LogP contribution < -0.4 is 0 Å². The van der Waals surface area contributed by atoms with Crippen molar-refractivity contribution in [3.05, 3.63) is 0 Å². The zero-order valence-corrected chi connectivity index (χ0v) is 8.77. The SMILES string of the molecule is C1COCCO1.CCO.ClCCl. The van der Waals surface area contributed by atoms with Crippen molar-refractivity contribution in [2.24, 2.45) is 0 Å². The molecule has 1 saturated heterocycles. The van der Waals surface area contributed by atoms with Crippen LogP contribution in [0, 0.1) is 0 Å². The van der Waals surface area contributed by atoms with Gasteiger partial charge < -0.3 is 14.6 Å². The maximum absolute atomic E-state index is 7.57. The fraction of sp³-hybridized carbons (Fsp3) is 1.00. The minimum atomic E-state index is 0.194. The standard InChI is InChI=1S/C4H8O2.C2H6O.CH2Cl2/c1-2-6-4-3-5-1;1-2-3;2-1-3/h1-4H2;3H,2H2,1H3;1H2. The lowest BCUT2D eigenvalue weighted by atomic mass is 10.6. The average molecular weight is 219 g/mol. The molecule has 12 heavy (non-hydrogen) atoms. The summed E-state index contributed by atoms with van der Waals surface area (Å²) in [5, 5.41) is 7.76. The molecule has 1 heterocycles. The number of hydrogen-bond donors (Lipinski definition) is 1. The average Bonchev–Trinajstić information content (AvgIpc) is 2.10. The van der Waals surface area contributed by atoms with E-state index in [1.807, 2.05) is 0 Å². The second-order valence-corrected chi connectivity index (χ2v) is 2.45. The molecule has 0 unspecified atom stereocenters. The monoisotopic (exact) mass is 218 g/mol. The van der Waals surface area contributed by atoms with Crippen LogP contribution >= 0.6 is 23.2 Å². The lowest BCUT2D eigenvalue weighted by Gasteiger charge is -2.09. The molecule has 5 heteroatoms. The Morgan fingerprint density at radius 3 is 1.33 bits per heavy atom. The Hall–Kier alpha value is 0.460. The highest BCUT2D eigenvalue weighted by atomic mass is 35.5. The molecule has 0 radical (unpaired) electrons. The number of aliphatic hydroxyl groups excluding tert-OH is 1. The summed E-state index contributed by atoms with van der Waals surface area (Å²) in [6.45, 7) is 5.04. The minimum absolute atomic E-state index is 0.194. The predicted octanol–water partition coefficient (Wildman–Crippen LogP) is 1.45. The lowest BCUT2D eigenvalue weighted by Crippen LogP contribution is -2.16. The van der Waals surface area contributed by atoms with Gasteiger partial charge in [0.25, 0.3) is 0 Å². The van der Waals surface area contributed by atoms with Crippen LogP contribution in [0.2, 0.25) is 0 Å². The van der Waals surface area contributed by atoms with E-state index in [4.69, 9.17) is 37.8 Å². The van der Waals surface area contributed by atoms with Gasteiger partial charge in [-0.1, -0.05) is 0 Å². The van der Waals surface area contributed by atoms with Gasteiger partial charge in [0, 0.05) is 6.61 Å². The van der Waals surface area contributed by atoms with Crippen LogP contribution in [-0.2, 0) is 9.47 Å². The number of rotatable bonds is 0. The Kier molecular flexibility index (Phi) is 21.8. The van der Waals surface area contributed by atoms with E-state index in [0.717, 1.165) is 26.4 Å². The van der Waals surface area contributed by atoms with Crippen LogP contribution in [0.3, 0.4) is 0 Å². The second-order valence-electron chi connectivity index (χ2n) is 1.64. The maximum atomic E-state index is 7.57. The van der Waals surface area contributed by atoms with Gasteiger partial charge in [-0.25, -0.2) is 0 Å². The Balaban J connectivity index is 0. The van der Waals surface area contributed by atoms with Gasteiger partial charge in [0.1, 0.15) is 0 Å². The van der Waals surface area contributed by atoms with E-state index in [2.05, 4.69) is 0 Å². The molecule has 1 N–H and O–H groups in total. The molecular formula is C7H16Cl2O3. The van der Waals surface area contributed by atoms with E-state index >= 15 is 0 Å². The van der Waals surface area contributed by atoms with Crippen molar-refractivity contribution in [3.63, 3.8) is 0 Å². The molecule has 0 bridgehead atoms. The molecule has 0 aromatic carbocycles. The molecule has 1 fully saturated rings. The van der Waals surface area contributed by atoms with Crippen LogP contribution in [-0.4, -0.2) is 43.5 Å². The van der Waals surface area contributed by atoms with Crippen LogP contribution in [0.25, 0.3) is 0 Å². The fourth-order valence-corrected chi connectivity index (χ4v) is 0.440. The predicted molar refractivity (Wildman–Crippen MR) is 51.0 cm³/mol. The largest absolute Gasteiger partial charge is 0.397 e. The molecule has 0 aliphatic carbocycles. The van der Waals surface area contributed by atoms with Crippen molar-refractivity contribution in [3.8, 4) is 0 Å². The number of halogens is 2. The van der Waals surface area contributed by atoms with Crippen LogP contribution in [0.5, 0.6) is 0 Å². The van der Waals surface area contributed by atoms with Gasteiger partial charge in [-0.15, -0.1) is 23.2 Å². The summed E-state index contributed by atoms with van der Waals surface area (Å²) in [7, 11) is 0. The minimum Gasteiger partial charge on any atom is -0.397 e. The Morgan fingerprint density at radius 2 is 1.25 bits per heavy atom. The van der Waals surface area contributed by atoms with Gasteiger partial charge in [0.2, 0.25) is 0 Å². The van der Waals surface area contributed by atoms with Gasteiger partial charge in [0.05, 0.1) is 31.8 Å². The summed E-state index contributed by atoms with van der Waals surface area (Å²) in [5.41, 5.74) is 0. The second kappa shape index (κ2) is 17.5. The van der Waals surface area contributed by atoms with E-state index in [9.17, 15) is 0 Å². The van der Waals surface area contributed by atoms with E-state index in [1.165, 1.54) is 0 Å². The number of hydrogen-bond acceptors (Lipinski definition) is 3. The van der Waals surface area contributed by atoms with Gasteiger partial charge in [-0.3, -0.25) is 0 Å². The highest BCUT2D eigenvalue weighted by Gasteiger charge is 1.94. The van der Waals surface area contributed by atoms with Crippen LogP contribution in [0.4, 0.5) is 0 Å². The maximum Gasteiger partial charge on any atom is 0.0967 e. The summed E-state index contributed by atoms with van der Waals surface area (Å²) in [4.78, 5) is 0. The molecule has 0 spiro atoms.